The van der Waals surface area contributed by atoms with Crippen LogP contribution in [-0.4, -0.2) is 22.4 Å². The summed E-state index contributed by atoms with van der Waals surface area (Å²) in [6.45, 7) is 8.69. The summed E-state index contributed by atoms with van der Waals surface area (Å²) < 4.78 is 0. The van der Waals surface area contributed by atoms with Gasteiger partial charge in [-0.25, -0.2) is 0 Å². The van der Waals surface area contributed by atoms with E-state index < -0.39 is 6.10 Å². The molecule has 2 nitrogen and oxygen atoms in total. The first-order valence-electron chi connectivity index (χ1n) is 10.2. The summed E-state index contributed by atoms with van der Waals surface area (Å²) in [6.07, 6.45) is 17.1. The maximum atomic E-state index is 10.5. The maximum absolute atomic E-state index is 10.5. The predicted molar refractivity (Wildman–Crippen MR) is 104 cm³/mol. The highest BCUT2D eigenvalue weighted by atomic mass is 16.3. The van der Waals surface area contributed by atoms with Crippen LogP contribution in [0.4, 0.5) is 0 Å². The summed E-state index contributed by atoms with van der Waals surface area (Å²) in [4.78, 5) is 0. The Hall–Kier alpha value is -0.600. The summed E-state index contributed by atoms with van der Waals surface area (Å²) in [7, 11) is 0. The molecule has 0 aromatic heterocycles. The van der Waals surface area contributed by atoms with E-state index in [9.17, 15) is 10.2 Å². The molecular formula is C22H40O2. The van der Waals surface area contributed by atoms with E-state index in [1.807, 2.05) is 6.08 Å². The van der Waals surface area contributed by atoms with Crippen LogP contribution in [0.15, 0.2) is 23.8 Å². The highest BCUT2D eigenvalue weighted by Crippen LogP contribution is 2.33. The van der Waals surface area contributed by atoms with Gasteiger partial charge in [-0.05, 0) is 31.1 Å². The molecule has 1 aliphatic rings. The van der Waals surface area contributed by atoms with Crippen molar-refractivity contribution < 1.29 is 10.2 Å². The molecule has 0 bridgehead atoms. The van der Waals surface area contributed by atoms with Crippen LogP contribution in [0.2, 0.25) is 0 Å². The Bertz CT molecular complexity index is 395. The van der Waals surface area contributed by atoms with E-state index in [0.717, 1.165) is 32.1 Å². The summed E-state index contributed by atoms with van der Waals surface area (Å²) in [5.74, 6) is 0.104. The zero-order chi connectivity index (χ0) is 18.0. The molecule has 0 radical (unpaired) electrons. The SMILES string of the molecule is CCCCCCCC1=CC[C@@H](O)[C@@H]1/C=C/[C@@H](O)C(C)(C)CCCC. The highest BCUT2D eigenvalue weighted by Gasteiger charge is 2.28. The fraction of sp³-hybridized carbons (Fsp3) is 0.818. The molecule has 140 valence electrons. The zero-order valence-corrected chi connectivity index (χ0v) is 16.4. The lowest BCUT2D eigenvalue weighted by molar-refractivity contribution is 0.0804. The number of unbranched alkanes of at least 4 members (excludes halogenated alkanes) is 5. The number of rotatable bonds is 12. The minimum absolute atomic E-state index is 0.0971. The molecule has 0 fully saturated rings. The van der Waals surface area contributed by atoms with E-state index in [0.29, 0.717) is 0 Å². The van der Waals surface area contributed by atoms with Crippen molar-refractivity contribution in [1.29, 1.82) is 0 Å². The molecular weight excluding hydrogens is 296 g/mol. The van der Waals surface area contributed by atoms with Gasteiger partial charge in [0.15, 0.2) is 0 Å². The Labute approximate surface area is 150 Å². The van der Waals surface area contributed by atoms with E-state index in [1.54, 1.807) is 0 Å². The fourth-order valence-corrected chi connectivity index (χ4v) is 3.52. The molecule has 0 aromatic rings. The van der Waals surface area contributed by atoms with Crippen molar-refractivity contribution in [3.63, 3.8) is 0 Å². The fourth-order valence-electron chi connectivity index (χ4n) is 3.52. The van der Waals surface area contributed by atoms with Crippen molar-refractivity contribution in [1.82, 2.24) is 0 Å². The first-order valence-corrected chi connectivity index (χ1v) is 10.2. The van der Waals surface area contributed by atoms with Crippen LogP contribution in [0, 0.1) is 11.3 Å². The van der Waals surface area contributed by atoms with Gasteiger partial charge in [0.2, 0.25) is 0 Å². The van der Waals surface area contributed by atoms with E-state index in [2.05, 4.69) is 39.8 Å². The topological polar surface area (TPSA) is 40.5 Å². The summed E-state index contributed by atoms with van der Waals surface area (Å²) in [6, 6.07) is 0. The summed E-state index contributed by atoms with van der Waals surface area (Å²) in [5, 5.41) is 20.8. The Balaban J connectivity index is 2.51. The van der Waals surface area contributed by atoms with Crippen LogP contribution < -0.4 is 0 Å². The number of hydrogen-bond donors (Lipinski definition) is 2. The van der Waals surface area contributed by atoms with Gasteiger partial charge in [0, 0.05) is 5.92 Å². The standard InChI is InChI=1S/C22H40O2/c1-5-7-9-10-11-12-18-13-15-20(23)19(18)14-16-21(24)22(3,4)17-8-6-2/h13-14,16,19-21,23-24H,5-12,15,17H2,1-4H3/b16-14+/t19-,20-,21-/m1/s1. The van der Waals surface area contributed by atoms with Gasteiger partial charge in [-0.15, -0.1) is 0 Å². The Morgan fingerprint density at radius 2 is 1.79 bits per heavy atom. The van der Waals surface area contributed by atoms with Crippen molar-refractivity contribution in [2.75, 3.05) is 0 Å². The van der Waals surface area contributed by atoms with Crippen LogP contribution >= 0.6 is 0 Å². The average Bonchev–Trinajstić information content (AvgIpc) is 2.90. The second-order valence-corrected chi connectivity index (χ2v) is 8.19. The molecule has 0 saturated heterocycles. The van der Waals surface area contributed by atoms with E-state index in [1.165, 1.54) is 37.7 Å². The zero-order valence-electron chi connectivity index (χ0n) is 16.4. The second kappa shape index (κ2) is 11.1. The predicted octanol–water partition coefficient (Wildman–Crippen LogP) is 5.79. The molecule has 1 aliphatic carbocycles. The van der Waals surface area contributed by atoms with Crippen LogP contribution in [0.25, 0.3) is 0 Å². The van der Waals surface area contributed by atoms with Gasteiger partial charge in [-0.1, -0.05) is 90.0 Å². The van der Waals surface area contributed by atoms with Gasteiger partial charge in [-0.2, -0.15) is 0 Å². The monoisotopic (exact) mass is 336 g/mol. The third kappa shape index (κ3) is 7.11. The number of aliphatic hydroxyl groups is 2. The van der Waals surface area contributed by atoms with E-state index >= 15 is 0 Å². The van der Waals surface area contributed by atoms with Crippen LogP contribution in [0.1, 0.15) is 91.9 Å². The second-order valence-electron chi connectivity index (χ2n) is 8.19. The normalized spacial score (nSPS) is 23.0. The number of aliphatic hydroxyl groups excluding tert-OH is 2. The van der Waals surface area contributed by atoms with Crippen LogP contribution in [-0.2, 0) is 0 Å². The molecule has 2 N–H and O–H groups in total. The van der Waals surface area contributed by atoms with Gasteiger partial charge in [0.25, 0.3) is 0 Å². The molecule has 0 amide bonds. The minimum atomic E-state index is -0.442. The molecule has 2 heteroatoms. The average molecular weight is 337 g/mol. The lowest BCUT2D eigenvalue weighted by Gasteiger charge is -2.29. The first kappa shape index (κ1) is 21.4. The third-order valence-corrected chi connectivity index (χ3v) is 5.51. The summed E-state index contributed by atoms with van der Waals surface area (Å²) >= 11 is 0. The van der Waals surface area contributed by atoms with Crippen LogP contribution in [0.5, 0.6) is 0 Å². The third-order valence-electron chi connectivity index (χ3n) is 5.51. The van der Waals surface area contributed by atoms with Crippen molar-refractivity contribution in [3.8, 4) is 0 Å². The Kier molecular flexibility index (Phi) is 9.92. The van der Waals surface area contributed by atoms with E-state index in [4.69, 9.17) is 0 Å². The van der Waals surface area contributed by atoms with Crippen molar-refractivity contribution >= 4 is 0 Å². The lowest BCUT2D eigenvalue weighted by atomic mass is 9.80. The molecule has 0 saturated carbocycles. The van der Waals surface area contributed by atoms with Crippen LogP contribution in [0.3, 0.4) is 0 Å². The van der Waals surface area contributed by atoms with Gasteiger partial charge >= 0.3 is 0 Å². The Morgan fingerprint density at radius 3 is 2.46 bits per heavy atom. The molecule has 0 unspecified atom stereocenters. The number of hydrogen-bond acceptors (Lipinski definition) is 2. The lowest BCUT2D eigenvalue weighted by Crippen LogP contribution is -2.28. The van der Waals surface area contributed by atoms with Gasteiger partial charge in [-0.3, -0.25) is 0 Å². The molecule has 0 aromatic carbocycles. The molecule has 0 spiro atoms. The molecule has 0 heterocycles. The van der Waals surface area contributed by atoms with Crippen molar-refractivity contribution in [2.45, 2.75) is 104 Å². The molecule has 3 atom stereocenters. The quantitative estimate of drug-likeness (QED) is 0.350. The first-order chi connectivity index (χ1) is 11.4. The largest absolute Gasteiger partial charge is 0.392 e. The molecule has 0 aliphatic heterocycles. The Morgan fingerprint density at radius 1 is 1.12 bits per heavy atom. The van der Waals surface area contributed by atoms with Crippen molar-refractivity contribution in [2.24, 2.45) is 11.3 Å². The molecule has 24 heavy (non-hydrogen) atoms. The van der Waals surface area contributed by atoms with Gasteiger partial charge in [0.05, 0.1) is 12.2 Å². The van der Waals surface area contributed by atoms with E-state index in [-0.39, 0.29) is 17.4 Å². The minimum Gasteiger partial charge on any atom is -0.392 e. The smallest absolute Gasteiger partial charge is 0.0772 e. The molecule has 1 rings (SSSR count). The van der Waals surface area contributed by atoms with Crippen molar-refractivity contribution in [3.05, 3.63) is 23.8 Å². The summed E-state index contributed by atoms with van der Waals surface area (Å²) in [5.41, 5.74) is 1.27. The van der Waals surface area contributed by atoms with Gasteiger partial charge < -0.3 is 10.2 Å². The van der Waals surface area contributed by atoms with Gasteiger partial charge in [0.1, 0.15) is 0 Å². The maximum Gasteiger partial charge on any atom is 0.0772 e. The highest BCUT2D eigenvalue weighted by molar-refractivity contribution is 5.22.